The summed E-state index contributed by atoms with van der Waals surface area (Å²) in [5.41, 5.74) is 1.19. The van der Waals surface area contributed by atoms with E-state index in [4.69, 9.17) is 14.2 Å². The van der Waals surface area contributed by atoms with Crippen molar-refractivity contribution in [1.29, 1.82) is 0 Å². The number of fused-ring (bicyclic) bond motifs is 1. The molecule has 2 rings (SSSR count). The van der Waals surface area contributed by atoms with Crippen molar-refractivity contribution in [1.82, 2.24) is 5.32 Å². The molecule has 0 saturated heterocycles. The number of benzene rings is 1. The van der Waals surface area contributed by atoms with Gasteiger partial charge < -0.3 is 19.5 Å². The van der Waals surface area contributed by atoms with Crippen LogP contribution in [0, 0.1) is 0 Å². The lowest BCUT2D eigenvalue weighted by molar-refractivity contribution is 0.115. The van der Waals surface area contributed by atoms with Crippen molar-refractivity contribution >= 4 is 0 Å². The minimum Gasteiger partial charge on any atom is -0.454 e. The Morgan fingerprint density at radius 2 is 2.06 bits per heavy atom. The predicted octanol–water partition coefficient (Wildman–Crippen LogP) is 2.10. The summed E-state index contributed by atoms with van der Waals surface area (Å²) in [6.07, 6.45) is 0.214. The van der Waals surface area contributed by atoms with Gasteiger partial charge in [0.15, 0.2) is 11.5 Å². The smallest absolute Gasteiger partial charge is 0.231 e. The van der Waals surface area contributed by atoms with Gasteiger partial charge in [0.05, 0.1) is 6.10 Å². The summed E-state index contributed by atoms with van der Waals surface area (Å²) in [4.78, 5) is 0. The van der Waals surface area contributed by atoms with Crippen LogP contribution in [0.1, 0.15) is 25.5 Å². The Balaban J connectivity index is 1.97. The first-order valence-corrected chi connectivity index (χ1v) is 5.86. The van der Waals surface area contributed by atoms with Gasteiger partial charge in [0.1, 0.15) is 0 Å². The molecule has 1 aliphatic rings. The topological polar surface area (TPSA) is 39.7 Å². The fourth-order valence-corrected chi connectivity index (χ4v) is 1.73. The Hall–Kier alpha value is -1.26. The fraction of sp³-hybridized carbons (Fsp3) is 0.538. The molecule has 1 aromatic carbocycles. The molecule has 2 atom stereocenters. The molecular formula is C13H19NO3. The third kappa shape index (κ3) is 2.90. The Labute approximate surface area is 102 Å². The maximum atomic E-state index is 5.36. The summed E-state index contributed by atoms with van der Waals surface area (Å²) in [6, 6.07) is 6.30. The molecule has 0 amide bonds. The number of hydrogen-bond donors (Lipinski definition) is 1. The van der Waals surface area contributed by atoms with Crippen LogP contribution in [-0.2, 0) is 4.74 Å². The summed E-state index contributed by atoms with van der Waals surface area (Å²) < 4.78 is 15.9. The van der Waals surface area contributed by atoms with Gasteiger partial charge in [-0.25, -0.2) is 0 Å². The van der Waals surface area contributed by atoms with Crippen molar-refractivity contribution in [2.45, 2.75) is 26.0 Å². The van der Waals surface area contributed by atoms with Gasteiger partial charge in [0.2, 0.25) is 6.79 Å². The Morgan fingerprint density at radius 1 is 1.29 bits per heavy atom. The molecule has 0 aromatic heterocycles. The molecule has 4 heteroatoms. The lowest BCUT2D eigenvalue weighted by Gasteiger charge is -2.17. The van der Waals surface area contributed by atoms with Gasteiger partial charge in [0.25, 0.3) is 0 Å². The first-order valence-electron chi connectivity index (χ1n) is 5.86. The van der Waals surface area contributed by atoms with E-state index in [0.717, 1.165) is 18.0 Å². The van der Waals surface area contributed by atoms with Gasteiger partial charge in [-0.05, 0) is 31.5 Å². The van der Waals surface area contributed by atoms with Gasteiger partial charge in [-0.15, -0.1) is 0 Å². The van der Waals surface area contributed by atoms with Crippen LogP contribution in [0.4, 0.5) is 0 Å². The largest absolute Gasteiger partial charge is 0.454 e. The molecular weight excluding hydrogens is 218 g/mol. The minimum atomic E-state index is 0.214. The van der Waals surface area contributed by atoms with Crippen LogP contribution >= 0.6 is 0 Å². The molecule has 94 valence electrons. The zero-order chi connectivity index (χ0) is 12.3. The number of hydrogen-bond acceptors (Lipinski definition) is 4. The zero-order valence-electron chi connectivity index (χ0n) is 10.5. The molecule has 4 nitrogen and oxygen atoms in total. The van der Waals surface area contributed by atoms with E-state index in [9.17, 15) is 0 Å². The molecule has 0 radical (unpaired) electrons. The molecule has 1 aromatic rings. The molecule has 0 saturated carbocycles. The second kappa shape index (κ2) is 5.38. The second-order valence-corrected chi connectivity index (χ2v) is 4.29. The normalized spacial score (nSPS) is 16.9. The lowest BCUT2D eigenvalue weighted by atomic mass is 10.1. The lowest BCUT2D eigenvalue weighted by Crippen LogP contribution is -2.28. The summed E-state index contributed by atoms with van der Waals surface area (Å²) >= 11 is 0. The van der Waals surface area contributed by atoms with Crippen LogP contribution in [0.5, 0.6) is 11.5 Å². The van der Waals surface area contributed by atoms with E-state index in [1.54, 1.807) is 7.11 Å². The molecule has 0 spiro atoms. The summed E-state index contributed by atoms with van der Waals surface area (Å²) in [7, 11) is 1.72. The van der Waals surface area contributed by atoms with E-state index in [0.29, 0.717) is 6.79 Å². The Kier molecular flexibility index (Phi) is 3.86. The van der Waals surface area contributed by atoms with Gasteiger partial charge in [-0.1, -0.05) is 6.07 Å². The van der Waals surface area contributed by atoms with E-state index in [2.05, 4.69) is 18.3 Å². The molecule has 0 aliphatic carbocycles. The molecule has 17 heavy (non-hydrogen) atoms. The van der Waals surface area contributed by atoms with Crippen molar-refractivity contribution in [2.75, 3.05) is 20.4 Å². The maximum Gasteiger partial charge on any atom is 0.231 e. The van der Waals surface area contributed by atoms with E-state index in [1.165, 1.54) is 5.56 Å². The Morgan fingerprint density at radius 3 is 2.82 bits per heavy atom. The zero-order valence-corrected chi connectivity index (χ0v) is 10.5. The van der Waals surface area contributed by atoms with Gasteiger partial charge in [-0.3, -0.25) is 0 Å². The first kappa shape index (κ1) is 12.2. The molecule has 1 heterocycles. The molecule has 0 bridgehead atoms. The highest BCUT2D eigenvalue weighted by Gasteiger charge is 2.15. The van der Waals surface area contributed by atoms with Crippen molar-refractivity contribution in [3.63, 3.8) is 0 Å². The average molecular weight is 237 g/mol. The van der Waals surface area contributed by atoms with Gasteiger partial charge in [0, 0.05) is 19.7 Å². The van der Waals surface area contributed by atoms with Crippen LogP contribution < -0.4 is 14.8 Å². The predicted molar refractivity (Wildman–Crippen MR) is 65.5 cm³/mol. The SMILES string of the molecule is COC(C)CNC(C)c1ccc2c(c1)OCO2. The van der Waals surface area contributed by atoms with E-state index < -0.39 is 0 Å². The summed E-state index contributed by atoms with van der Waals surface area (Å²) in [5.74, 6) is 1.65. The van der Waals surface area contributed by atoms with Crippen LogP contribution in [0.25, 0.3) is 0 Å². The standard InChI is InChI=1S/C13H19NO3/c1-9(15-3)7-14-10(2)11-4-5-12-13(6-11)17-8-16-12/h4-6,9-10,14H,7-8H2,1-3H3. The minimum absolute atomic E-state index is 0.214. The van der Waals surface area contributed by atoms with Crippen molar-refractivity contribution < 1.29 is 14.2 Å². The first-order chi connectivity index (χ1) is 8.20. The third-order valence-electron chi connectivity index (χ3n) is 3.01. The fourth-order valence-electron chi connectivity index (χ4n) is 1.73. The van der Waals surface area contributed by atoms with Gasteiger partial charge in [-0.2, -0.15) is 0 Å². The maximum absolute atomic E-state index is 5.36. The highest BCUT2D eigenvalue weighted by atomic mass is 16.7. The molecule has 2 unspecified atom stereocenters. The molecule has 0 fully saturated rings. The van der Waals surface area contributed by atoms with Crippen LogP contribution in [0.15, 0.2) is 18.2 Å². The highest BCUT2D eigenvalue weighted by molar-refractivity contribution is 5.45. The third-order valence-corrected chi connectivity index (χ3v) is 3.01. The highest BCUT2D eigenvalue weighted by Crippen LogP contribution is 2.34. The summed E-state index contributed by atoms with van der Waals surface area (Å²) in [5, 5.41) is 3.42. The van der Waals surface area contributed by atoms with Gasteiger partial charge >= 0.3 is 0 Å². The number of methoxy groups -OCH3 is 1. The van der Waals surface area contributed by atoms with Crippen LogP contribution in [0.3, 0.4) is 0 Å². The van der Waals surface area contributed by atoms with E-state index in [1.807, 2.05) is 19.1 Å². The van der Waals surface area contributed by atoms with E-state index >= 15 is 0 Å². The van der Waals surface area contributed by atoms with Crippen LogP contribution in [0.2, 0.25) is 0 Å². The Bertz CT molecular complexity index is 381. The number of nitrogens with one attached hydrogen (secondary N) is 1. The average Bonchev–Trinajstić information content (AvgIpc) is 2.82. The van der Waals surface area contributed by atoms with Crippen molar-refractivity contribution in [2.24, 2.45) is 0 Å². The van der Waals surface area contributed by atoms with E-state index in [-0.39, 0.29) is 12.1 Å². The molecule has 1 aliphatic heterocycles. The second-order valence-electron chi connectivity index (χ2n) is 4.29. The number of rotatable bonds is 5. The van der Waals surface area contributed by atoms with Crippen LogP contribution in [-0.4, -0.2) is 26.6 Å². The van der Waals surface area contributed by atoms with Crippen molar-refractivity contribution in [3.05, 3.63) is 23.8 Å². The summed E-state index contributed by atoms with van der Waals surface area (Å²) in [6.45, 7) is 5.31. The molecule has 1 N–H and O–H groups in total. The van der Waals surface area contributed by atoms with Crippen molar-refractivity contribution in [3.8, 4) is 11.5 Å². The number of ether oxygens (including phenoxy) is 3. The quantitative estimate of drug-likeness (QED) is 0.851. The monoisotopic (exact) mass is 237 g/mol.